The summed E-state index contributed by atoms with van der Waals surface area (Å²) in [4.78, 5) is 11.4. The Bertz CT molecular complexity index is 523. The van der Waals surface area contributed by atoms with Gasteiger partial charge in [-0.15, -0.1) is 0 Å². The summed E-state index contributed by atoms with van der Waals surface area (Å²) in [6, 6.07) is 7.78. The highest BCUT2D eigenvalue weighted by Gasteiger charge is 2.04. The molecule has 1 aromatic carbocycles. The van der Waals surface area contributed by atoms with Crippen LogP contribution in [-0.4, -0.2) is 0 Å². The second-order valence-electron chi connectivity index (χ2n) is 3.41. The Balaban J connectivity index is 2.86. The Kier molecular flexibility index (Phi) is 2.12. The zero-order valence-corrected chi connectivity index (χ0v) is 8.33. The predicted octanol–water partition coefficient (Wildman–Crippen LogP) is 2.66. The van der Waals surface area contributed by atoms with Gasteiger partial charge in [-0.2, -0.15) is 0 Å². The summed E-state index contributed by atoms with van der Waals surface area (Å²) in [5.74, 6) is 0. The minimum atomic E-state index is -0.214. The fraction of sp³-hybridized carbons (Fsp3) is 0.250. The average molecular weight is 188 g/mol. The van der Waals surface area contributed by atoms with Crippen LogP contribution in [0.2, 0.25) is 0 Å². The minimum Gasteiger partial charge on any atom is -0.422 e. The molecule has 0 bridgehead atoms. The van der Waals surface area contributed by atoms with Gasteiger partial charge in [0.05, 0.1) is 0 Å². The van der Waals surface area contributed by atoms with E-state index < -0.39 is 0 Å². The maximum atomic E-state index is 11.4. The SMILES string of the molecule is CCc1cc2cccc(C)c2oc1=O. The number of para-hydroxylation sites is 1. The lowest BCUT2D eigenvalue weighted by atomic mass is 10.1. The standard InChI is InChI=1S/C12H12O2/c1-3-9-7-10-6-4-5-8(2)11(10)14-12(9)13/h4-7H,3H2,1-2H3. The van der Waals surface area contributed by atoms with Crippen molar-refractivity contribution in [2.45, 2.75) is 20.3 Å². The number of aryl methyl sites for hydroxylation is 2. The lowest BCUT2D eigenvalue weighted by Crippen LogP contribution is -2.05. The van der Waals surface area contributed by atoms with Crippen LogP contribution in [0.25, 0.3) is 11.0 Å². The smallest absolute Gasteiger partial charge is 0.339 e. The highest BCUT2D eigenvalue weighted by atomic mass is 16.4. The van der Waals surface area contributed by atoms with Crippen LogP contribution in [0.1, 0.15) is 18.1 Å². The number of hydrogen-bond donors (Lipinski definition) is 0. The number of rotatable bonds is 1. The van der Waals surface area contributed by atoms with E-state index in [0.717, 1.165) is 16.5 Å². The minimum absolute atomic E-state index is 0.214. The fourth-order valence-corrected chi connectivity index (χ4v) is 1.58. The molecule has 0 N–H and O–H groups in total. The first-order valence-corrected chi connectivity index (χ1v) is 4.74. The Morgan fingerprint density at radius 1 is 1.36 bits per heavy atom. The lowest BCUT2D eigenvalue weighted by molar-refractivity contribution is 0.549. The van der Waals surface area contributed by atoms with E-state index in [1.54, 1.807) is 0 Å². The van der Waals surface area contributed by atoms with Crippen molar-refractivity contribution in [3.05, 3.63) is 45.8 Å². The van der Waals surface area contributed by atoms with Gasteiger partial charge >= 0.3 is 5.63 Å². The van der Waals surface area contributed by atoms with Crippen LogP contribution in [-0.2, 0) is 6.42 Å². The fourth-order valence-electron chi connectivity index (χ4n) is 1.58. The second-order valence-corrected chi connectivity index (χ2v) is 3.41. The van der Waals surface area contributed by atoms with Crippen LogP contribution < -0.4 is 5.63 Å². The molecule has 72 valence electrons. The van der Waals surface area contributed by atoms with Gasteiger partial charge in [-0.25, -0.2) is 4.79 Å². The Labute approximate surface area is 82.2 Å². The van der Waals surface area contributed by atoms with E-state index >= 15 is 0 Å². The quantitative estimate of drug-likeness (QED) is 0.644. The summed E-state index contributed by atoms with van der Waals surface area (Å²) in [6.07, 6.45) is 0.714. The molecule has 0 spiro atoms. The summed E-state index contributed by atoms with van der Waals surface area (Å²) in [5.41, 5.74) is 2.23. The third-order valence-electron chi connectivity index (χ3n) is 2.41. The van der Waals surface area contributed by atoms with E-state index in [9.17, 15) is 4.79 Å². The Morgan fingerprint density at radius 2 is 2.14 bits per heavy atom. The van der Waals surface area contributed by atoms with Crippen LogP contribution in [0.4, 0.5) is 0 Å². The highest BCUT2D eigenvalue weighted by molar-refractivity contribution is 5.79. The highest BCUT2D eigenvalue weighted by Crippen LogP contribution is 2.17. The van der Waals surface area contributed by atoms with Gasteiger partial charge in [0.15, 0.2) is 0 Å². The zero-order valence-electron chi connectivity index (χ0n) is 8.33. The normalized spacial score (nSPS) is 10.7. The molecule has 2 rings (SSSR count). The van der Waals surface area contributed by atoms with E-state index in [4.69, 9.17) is 4.42 Å². The van der Waals surface area contributed by atoms with Crippen LogP contribution in [0.15, 0.2) is 33.5 Å². The van der Waals surface area contributed by atoms with Crippen molar-refractivity contribution in [3.63, 3.8) is 0 Å². The maximum Gasteiger partial charge on any atom is 0.339 e. The second kappa shape index (κ2) is 3.29. The molecule has 2 aromatic rings. The molecule has 1 heterocycles. The molecule has 2 heteroatoms. The monoisotopic (exact) mass is 188 g/mol. The van der Waals surface area contributed by atoms with Gasteiger partial charge in [0.25, 0.3) is 0 Å². The molecule has 0 atom stereocenters. The van der Waals surface area contributed by atoms with Crippen LogP contribution in [0.3, 0.4) is 0 Å². The molecule has 0 saturated heterocycles. The van der Waals surface area contributed by atoms with Gasteiger partial charge in [-0.1, -0.05) is 25.1 Å². The van der Waals surface area contributed by atoms with Crippen molar-refractivity contribution < 1.29 is 4.42 Å². The van der Waals surface area contributed by atoms with Gasteiger partial charge in [0.1, 0.15) is 5.58 Å². The van der Waals surface area contributed by atoms with Crippen molar-refractivity contribution in [1.82, 2.24) is 0 Å². The van der Waals surface area contributed by atoms with Gasteiger partial charge < -0.3 is 4.42 Å². The molecule has 0 aliphatic carbocycles. The summed E-state index contributed by atoms with van der Waals surface area (Å²) >= 11 is 0. The molecule has 1 aromatic heterocycles. The Hall–Kier alpha value is -1.57. The molecule has 0 radical (unpaired) electrons. The third kappa shape index (κ3) is 1.33. The molecular weight excluding hydrogens is 176 g/mol. The van der Waals surface area contributed by atoms with Crippen molar-refractivity contribution in [1.29, 1.82) is 0 Å². The molecule has 0 aliphatic heterocycles. The molecule has 2 nitrogen and oxygen atoms in total. The summed E-state index contributed by atoms with van der Waals surface area (Å²) in [5, 5.41) is 1.00. The summed E-state index contributed by atoms with van der Waals surface area (Å²) in [7, 11) is 0. The van der Waals surface area contributed by atoms with E-state index in [1.165, 1.54) is 0 Å². The molecule has 0 fully saturated rings. The predicted molar refractivity (Wildman–Crippen MR) is 56.6 cm³/mol. The van der Waals surface area contributed by atoms with Crippen LogP contribution in [0, 0.1) is 6.92 Å². The van der Waals surface area contributed by atoms with Crippen molar-refractivity contribution >= 4 is 11.0 Å². The topological polar surface area (TPSA) is 30.2 Å². The van der Waals surface area contributed by atoms with E-state index in [2.05, 4.69) is 0 Å². The summed E-state index contributed by atoms with van der Waals surface area (Å²) < 4.78 is 5.26. The van der Waals surface area contributed by atoms with Crippen molar-refractivity contribution in [2.75, 3.05) is 0 Å². The molecule has 0 amide bonds. The molecular formula is C12H12O2. The first-order valence-electron chi connectivity index (χ1n) is 4.74. The van der Waals surface area contributed by atoms with Gasteiger partial charge in [-0.05, 0) is 25.0 Å². The molecule has 0 unspecified atom stereocenters. The van der Waals surface area contributed by atoms with Crippen LogP contribution >= 0.6 is 0 Å². The van der Waals surface area contributed by atoms with E-state index in [1.807, 2.05) is 38.1 Å². The maximum absolute atomic E-state index is 11.4. The summed E-state index contributed by atoms with van der Waals surface area (Å²) in [6.45, 7) is 3.89. The molecule has 0 saturated carbocycles. The van der Waals surface area contributed by atoms with Crippen molar-refractivity contribution in [2.24, 2.45) is 0 Å². The zero-order chi connectivity index (χ0) is 10.1. The Morgan fingerprint density at radius 3 is 2.86 bits per heavy atom. The first-order chi connectivity index (χ1) is 6.72. The number of hydrogen-bond acceptors (Lipinski definition) is 2. The lowest BCUT2D eigenvalue weighted by Gasteiger charge is -2.01. The van der Waals surface area contributed by atoms with Gasteiger partial charge in [-0.3, -0.25) is 0 Å². The van der Waals surface area contributed by atoms with E-state index in [-0.39, 0.29) is 5.63 Å². The number of benzene rings is 1. The van der Waals surface area contributed by atoms with Gasteiger partial charge in [0.2, 0.25) is 0 Å². The average Bonchev–Trinajstić information content (AvgIpc) is 2.19. The molecule has 14 heavy (non-hydrogen) atoms. The number of fused-ring (bicyclic) bond motifs is 1. The van der Waals surface area contributed by atoms with Gasteiger partial charge in [0, 0.05) is 10.9 Å². The van der Waals surface area contributed by atoms with Crippen molar-refractivity contribution in [3.8, 4) is 0 Å². The van der Waals surface area contributed by atoms with E-state index in [0.29, 0.717) is 12.0 Å². The van der Waals surface area contributed by atoms with Crippen LogP contribution in [0.5, 0.6) is 0 Å². The third-order valence-corrected chi connectivity index (χ3v) is 2.41. The first kappa shape index (κ1) is 9.00. The molecule has 0 aliphatic rings. The largest absolute Gasteiger partial charge is 0.422 e.